The van der Waals surface area contributed by atoms with Crippen molar-refractivity contribution in [2.45, 2.75) is 12.5 Å². The van der Waals surface area contributed by atoms with Crippen LogP contribution in [0.1, 0.15) is 6.42 Å². The van der Waals surface area contributed by atoms with Crippen LogP contribution in [-0.4, -0.2) is 32.2 Å². The smallest absolute Gasteiger partial charge is 0.310 e. The molecule has 2 atom stereocenters. The van der Waals surface area contributed by atoms with E-state index in [1.807, 2.05) is 0 Å². The third-order valence-corrected chi connectivity index (χ3v) is 2.03. The molecule has 0 aromatic rings. The summed E-state index contributed by atoms with van der Waals surface area (Å²) in [6, 6.07) is -0.0869. The number of piperidine rings is 1. The molecule has 4 nitrogen and oxygen atoms in total. The van der Waals surface area contributed by atoms with E-state index in [0.717, 1.165) is 13.0 Å². The number of nitrogens with two attached hydrogens (primary N) is 1. The van der Waals surface area contributed by atoms with Crippen LogP contribution in [-0.2, 0) is 9.53 Å². The highest BCUT2D eigenvalue weighted by atomic mass is 16.5. The van der Waals surface area contributed by atoms with Crippen LogP contribution < -0.4 is 11.1 Å². The molecule has 0 spiro atoms. The summed E-state index contributed by atoms with van der Waals surface area (Å²) < 4.78 is 4.61. The van der Waals surface area contributed by atoms with Crippen molar-refractivity contribution in [2.75, 3.05) is 20.2 Å². The lowest BCUT2D eigenvalue weighted by Gasteiger charge is -2.26. The van der Waals surface area contributed by atoms with Crippen molar-refractivity contribution < 1.29 is 9.53 Å². The Labute approximate surface area is 66.1 Å². The maximum Gasteiger partial charge on any atom is 0.310 e. The topological polar surface area (TPSA) is 64.3 Å². The van der Waals surface area contributed by atoms with Gasteiger partial charge < -0.3 is 15.8 Å². The second kappa shape index (κ2) is 3.69. The van der Waals surface area contributed by atoms with Crippen molar-refractivity contribution in [3.8, 4) is 0 Å². The molecule has 0 saturated carbocycles. The van der Waals surface area contributed by atoms with Crippen molar-refractivity contribution in [1.29, 1.82) is 0 Å². The van der Waals surface area contributed by atoms with Crippen molar-refractivity contribution in [1.82, 2.24) is 5.32 Å². The van der Waals surface area contributed by atoms with E-state index in [4.69, 9.17) is 5.73 Å². The second-order valence-corrected chi connectivity index (χ2v) is 2.79. The van der Waals surface area contributed by atoms with Crippen LogP contribution in [0.4, 0.5) is 0 Å². The van der Waals surface area contributed by atoms with Crippen LogP contribution in [0.15, 0.2) is 0 Å². The number of rotatable bonds is 1. The molecule has 1 heterocycles. The fraction of sp³-hybridized carbons (Fsp3) is 0.857. The van der Waals surface area contributed by atoms with Gasteiger partial charge in [0.2, 0.25) is 0 Å². The van der Waals surface area contributed by atoms with Gasteiger partial charge in [0.1, 0.15) is 0 Å². The van der Waals surface area contributed by atoms with Gasteiger partial charge in [-0.25, -0.2) is 0 Å². The van der Waals surface area contributed by atoms with Crippen LogP contribution in [0.3, 0.4) is 0 Å². The molecule has 64 valence electrons. The lowest BCUT2D eigenvalue weighted by Crippen LogP contribution is -2.49. The summed E-state index contributed by atoms with van der Waals surface area (Å²) in [5.74, 6) is -0.291. The highest BCUT2D eigenvalue weighted by Crippen LogP contribution is 2.11. The lowest BCUT2D eigenvalue weighted by atomic mass is 9.94. The summed E-state index contributed by atoms with van der Waals surface area (Å²) in [5.41, 5.74) is 5.69. The van der Waals surface area contributed by atoms with Crippen molar-refractivity contribution >= 4 is 5.97 Å². The summed E-state index contributed by atoms with van der Waals surface area (Å²) >= 11 is 0. The first-order valence-corrected chi connectivity index (χ1v) is 3.80. The van der Waals surface area contributed by atoms with Crippen molar-refractivity contribution in [3.63, 3.8) is 0 Å². The lowest BCUT2D eigenvalue weighted by molar-refractivity contribution is -0.146. The number of nitrogens with one attached hydrogen (secondary N) is 1. The van der Waals surface area contributed by atoms with Crippen molar-refractivity contribution in [2.24, 2.45) is 11.7 Å². The first-order valence-electron chi connectivity index (χ1n) is 3.80. The Hall–Kier alpha value is -0.610. The minimum absolute atomic E-state index is 0.0869. The van der Waals surface area contributed by atoms with E-state index in [1.54, 1.807) is 0 Å². The monoisotopic (exact) mass is 158 g/mol. The maximum absolute atomic E-state index is 11.0. The third-order valence-electron chi connectivity index (χ3n) is 2.03. The van der Waals surface area contributed by atoms with Gasteiger partial charge in [0.25, 0.3) is 0 Å². The zero-order valence-corrected chi connectivity index (χ0v) is 6.67. The van der Waals surface area contributed by atoms with Gasteiger partial charge in [-0.05, 0) is 13.0 Å². The Kier molecular flexibility index (Phi) is 2.84. The summed E-state index contributed by atoms with van der Waals surface area (Å²) in [6.45, 7) is 1.56. The third kappa shape index (κ3) is 1.91. The van der Waals surface area contributed by atoms with E-state index in [-0.39, 0.29) is 17.9 Å². The Bertz CT molecular complexity index is 149. The molecule has 1 fully saturated rings. The Morgan fingerprint density at radius 2 is 2.45 bits per heavy atom. The van der Waals surface area contributed by atoms with E-state index in [0.29, 0.717) is 6.54 Å². The van der Waals surface area contributed by atoms with E-state index in [2.05, 4.69) is 10.1 Å². The molecule has 0 aromatic carbocycles. The highest BCUT2D eigenvalue weighted by Gasteiger charge is 2.28. The largest absolute Gasteiger partial charge is 0.469 e. The van der Waals surface area contributed by atoms with E-state index in [1.165, 1.54) is 7.11 Å². The number of esters is 1. The number of ether oxygens (including phenoxy) is 1. The molecule has 1 rings (SSSR count). The number of hydrogen-bond donors (Lipinski definition) is 2. The van der Waals surface area contributed by atoms with Crippen molar-refractivity contribution in [3.05, 3.63) is 0 Å². The summed E-state index contributed by atoms with van der Waals surface area (Å²) in [7, 11) is 1.40. The Morgan fingerprint density at radius 3 is 3.00 bits per heavy atom. The van der Waals surface area contributed by atoms with Crippen LogP contribution in [0.5, 0.6) is 0 Å². The predicted octanol–water partition coefficient (Wildman–Crippen LogP) is -0.904. The second-order valence-electron chi connectivity index (χ2n) is 2.79. The minimum atomic E-state index is -0.181. The van der Waals surface area contributed by atoms with E-state index in [9.17, 15) is 4.79 Å². The fourth-order valence-corrected chi connectivity index (χ4v) is 1.33. The average Bonchev–Trinajstić information content (AvgIpc) is 2.04. The van der Waals surface area contributed by atoms with Gasteiger partial charge >= 0.3 is 5.97 Å². The number of carbonyl (C=O) groups is 1. The molecule has 0 amide bonds. The summed E-state index contributed by atoms with van der Waals surface area (Å²) in [6.07, 6.45) is 0.786. The van der Waals surface area contributed by atoms with Crippen LogP contribution >= 0.6 is 0 Å². The van der Waals surface area contributed by atoms with Gasteiger partial charge in [-0.2, -0.15) is 0 Å². The molecule has 3 N–H and O–H groups in total. The quantitative estimate of drug-likeness (QED) is 0.485. The molecular formula is C7H14N2O2. The highest BCUT2D eigenvalue weighted by molar-refractivity contribution is 5.73. The van der Waals surface area contributed by atoms with Crippen LogP contribution in [0, 0.1) is 5.92 Å². The average molecular weight is 158 g/mol. The number of methoxy groups -OCH3 is 1. The molecule has 1 aliphatic heterocycles. The van der Waals surface area contributed by atoms with Gasteiger partial charge in [0, 0.05) is 12.6 Å². The Morgan fingerprint density at radius 1 is 1.73 bits per heavy atom. The molecule has 0 unspecified atom stereocenters. The van der Waals surface area contributed by atoms with Crippen LogP contribution in [0.25, 0.3) is 0 Å². The number of carbonyl (C=O) groups excluding carboxylic acids is 1. The predicted molar refractivity (Wildman–Crippen MR) is 41.0 cm³/mol. The summed E-state index contributed by atoms with van der Waals surface area (Å²) in [4.78, 5) is 11.0. The molecule has 11 heavy (non-hydrogen) atoms. The van der Waals surface area contributed by atoms with Gasteiger partial charge in [-0.3, -0.25) is 4.79 Å². The first kappa shape index (κ1) is 8.49. The molecule has 0 radical (unpaired) electrons. The molecule has 1 saturated heterocycles. The zero-order valence-electron chi connectivity index (χ0n) is 6.67. The maximum atomic E-state index is 11.0. The fourth-order valence-electron chi connectivity index (χ4n) is 1.33. The van der Waals surface area contributed by atoms with E-state index >= 15 is 0 Å². The molecule has 0 aromatic heterocycles. The molecule has 0 aliphatic carbocycles. The zero-order chi connectivity index (χ0) is 8.27. The summed E-state index contributed by atoms with van der Waals surface area (Å²) in [5, 5.41) is 3.11. The standard InChI is InChI=1S/C7H14N2O2/c1-11-7(10)5-2-3-9-4-6(5)8/h5-6,9H,2-4,8H2,1H3/t5-,6-/m0/s1. The normalized spacial score (nSPS) is 31.5. The minimum Gasteiger partial charge on any atom is -0.469 e. The Balaban J connectivity index is 2.47. The molecule has 0 bridgehead atoms. The van der Waals surface area contributed by atoms with Crippen LogP contribution in [0.2, 0.25) is 0 Å². The number of hydrogen-bond acceptors (Lipinski definition) is 4. The molecule has 4 heteroatoms. The van der Waals surface area contributed by atoms with Gasteiger partial charge in [0.15, 0.2) is 0 Å². The van der Waals surface area contributed by atoms with Gasteiger partial charge in [-0.1, -0.05) is 0 Å². The molecule has 1 aliphatic rings. The molecular weight excluding hydrogens is 144 g/mol. The van der Waals surface area contributed by atoms with Gasteiger partial charge in [0.05, 0.1) is 13.0 Å². The van der Waals surface area contributed by atoms with E-state index < -0.39 is 0 Å². The first-order chi connectivity index (χ1) is 5.25. The van der Waals surface area contributed by atoms with Gasteiger partial charge in [-0.15, -0.1) is 0 Å². The SMILES string of the molecule is COC(=O)[C@H]1CCNC[C@@H]1N.